The molecule has 2 saturated heterocycles. The lowest BCUT2D eigenvalue weighted by atomic mass is 10.1. The van der Waals surface area contributed by atoms with Crippen LogP contribution in [-0.4, -0.2) is 72.5 Å². The topological polar surface area (TPSA) is 74.8 Å². The minimum absolute atomic E-state index is 0.0175. The van der Waals surface area contributed by atoms with E-state index in [-0.39, 0.29) is 24.4 Å². The van der Waals surface area contributed by atoms with E-state index in [2.05, 4.69) is 15.2 Å². The molecule has 1 aromatic rings. The minimum atomic E-state index is -0.102. The van der Waals surface area contributed by atoms with Gasteiger partial charge >= 0.3 is 0 Å². The first-order valence-corrected chi connectivity index (χ1v) is 9.51. The second kappa shape index (κ2) is 9.64. The molecular formula is C19H28N4O3. The normalized spacial score (nSPS) is 20.5. The van der Waals surface area contributed by atoms with Crippen molar-refractivity contribution in [1.29, 1.82) is 0 Å². The maximum Gasteiger partial charge on any atom is 0.239 e. The lowest BCUT2D eigenvalue weighted by molar-refractivity contribution is -0.135. The molecule has 1 aromatic heterocycles. The Morgan fingerprint density at radius 1 is 1.19 bits per heavy atom. The number of carbonyl (C=O) groups excluding carboxylic acids is 2. The number of morpholine rings is 1. The highest BCUT2D eigenvalue weighted by molar-refractivity contribution is 5.84. The van der Waals surface area contributed by atoms with Crippen LogP contribution in [0.4, 0.5) is 0 Å². The SMILES string of the molecule is O=C(CN1CCCCCC1=O)NC[C@@H](c1ccccn1)N1CCOCC1. The maximum absolute atomic E-state index is 12.4. The van der Waals surface area contributed by atoms with Crippen molar-refractivity contribution >= 4 is 11.8 Å². The zero-order valence-electron chi connectivity index (χ0n) is 15.2. The Morgan fingerprint density at radius 3 is 2.81 bits per heavy atom. The number of amides is 2. The van der Waals surface area contributed by atoms with Crippen molar-refractivity contribution in [2.75, 3.05) is 45.9 Å². The second-order valence-corrected chi connectivity index (χ2v) is 6.85. The van der Waals surface area contributed by atoms with Gasteiger partial charge in [-0.15, -0.1) is 0 Å². The first kappa shape index (κ1) is 18.8. The summed E-state index contributed by atoms with van der Waals surface area (Å²) in [5, 5.41) is 3.01. The Morgan fingerprint density at radius 2 is 2.04 bits per heavy atom. The summed E-state index contributed by atoms with van der Waals surface area (Å²) in [5.74, 6) is -0.0125. The number of aromatic nitrogens is 1. The number of nitrogens with one attached hydrogen (secondary N) is 1. The molecule has 0 spiro atoms. The minimum Gasteiger partial charge on any atom is -0.379 e. The predicted molar refractivity (Wildman–Crippen MR) is 97.4 cm³/mol. The summed E-state index contributed by atoms with van der Waals surface area (Å²) >= 11 is 0. The second-order valence-electron chi connectivity index (χ2n) is 6.85. The average Bonchev–Trinajstić information content (AvgIpc) is 2.88. The lowest BCUT2D eigenvalue weighted by Crippen LogP contribution is -2.46. The molecule has 0 aliphatic carbocycles. The number of carbonyl (C=O) groups is 2. The smallest absolute Gasteiger partial charge is 0.239 e. The van der Waals surface area contributed by atoms with Gasteiger partial charge in [0.1, 0.15) is 0 Å². The molecule has 1 N–H and O–H groups in total. The van der Waals surface area contributed by atoms with Crippen LogP contribution in [0.1, 0.15) is 37.4 Å². The van der Waals surface area contributed by atoms with Gasteiger partial charge in [-0.3, -0.25) is 19.5 Å². The fourth-order valence-electron chi connectivity index (χ4n) is 3.53. The molecule has 2 aliphatic heterocycles. The fraction of sp³-hybridized carbons (Fsp3) is 0.632. The van der Waals surface area contributed by atoms with Gasteiger partial charge in [-0.2, -0.15) is 0 Å². The number of rotatable bonds is 6. The number of likely N-dealkylation sites (tertiary alicyclic amines) is 1. The molecule has 7 heteroatoms. The molecule has 0 radical (unpaired) electrons. The van der Waals surface area contributed by atoms with Crippen molar-refractivity contribution in [3.05, 3.63) is 30.1 Å². The van der Waals surface area contributed by atoms with Gasteiger partial charge in [0, 0.05) is 38.8 Å². The Kier molecular flexibility index (Phi) is 6.96. The summed E-state index contributed by atoms with van der Waals surface area (Å²) < 4.78 is 5.44. The molecule has 2 fully saturated rings. The van der Waals surface area contributed by atoms with Crippen LogP contribution in [-0.2, 0) is 14.3 Å². The monoisotopic (exact) mass is 360 g/mol. The highest BCUT2D eigenvalue weighted by Crippen LogP contribution is 2.19. The molecular weight excluding hydrogens is 332 g/mol. The number of pyridine rings is 1. The van der Waals surface area contributed by atoms with Gasteiger partial charge in [0.05, 0.1) is 31.5 Å². The van der Waals surface area contributed by atoms with Crippen molar-refractivity contribution in [3.63, 3.8) is 0 Å². The largest absolute Gasteiger partial charge is 0.379 e. The molecule has 26 heavy (non-hydrogen) atoms. The van der Waals surface area contributed by atoms with E-state index in [1.165, 1.54) is 0 Å². The molecule has 2 amide bonds. The van der Waals surface area contributed by atoms with Crippen LogP contribution in [0.2, 0.25) is 0 Å². The Labute approximate surface area is 154 Å². The van der Waals surface area contributed by atoms with Gasteiger partial charge in [-0.05, 0) is 25.0 Å². The standard InChI is InChI=1S/C19H28N4O3/c24-18(15-23-9-5-1-2-7-19(23)25)21-14-17(16-6-3-4-8-20-16)22-10-12-26-13-11-22/h3-4,6,8,17H,1-2,5,7,9-15H2,(H,21,24)/t17-/m0/s1. The van der Waals surface area contributed by atoms with Gasteiger partial charge in [-0.25, -0.2) is 0 Å². The quantitative estimate of drug-likeness (QED) is 0.818. The van der Waals surface area contributed by atoms with Crippen molar-refractivity contribution < 1.29 is 14.3 Å². The zero-order chi connectivity index (χ0) is 18.2. The van der Waals surface area contributed by atoms with Gasteiger partial charge in [0.2, 0.25) is 11.8 Å². The molecule has 0 bridgehead atoms. The van der Waals surface area contributed by atoms with Crippen molar-refractivity contribution in [1.82, 2.24) is 20.1 Å². The third kappa shape index (κ3) is 5.25. The lowest BCUT2D eigenvalue weighted by Gasteiger charge is -2.34. The van der Waals surface area contributed by atoms with E-state index in [9.17, 15) is 9.59 Å². The van der Waals surface area contributed by atoms with Crippen LogP contribution in [0, 0.1) is 0 Å². The number of hydrogen-bond donors (Lipinski definition) is 1. The predicted octanol–water partition coefficient (Wildman–Crippen LogP) is 0.974. The van der Waals surface area contributed by atoms with Crippen molar-refractivity contribution in [3.8, 4) is 0 Å². The van der Waals surface area contributed by atoms with E-state index in [4.69, 9.17) is 4.74 Å². The van der Waals surface area contributed by atoms with Gasteiger partial charge < -0.3 is 15.0 Å². The molecule has 0 saturated carbocycles. The summed E-state index contributed by atoms with van der Waals surface area (Å²) in [5.41, 5.74) is 0.945. The first-order chi connectivity index (χ1) is 12.7. The van der Waals surface area contributed by atoms with E-state index in [0.29, 0.717) is 32.7 Å². The Bertz CT molecular complexity index is 590. The van der Waals surface area contributed by atoms with Crippen molar-refractivity contribution in [2.45, 2.75) is 31.7 Å². The number of ether oxygens (including phenoxy) is 1. The third-order valence-electron chi connectivity index (χ3n) is 5.01. The first-order valence-electron chi connectivity index (χ1n) is 9.51. The summed E-state index contributed by atoms with van der Waals surface area (Å²) in [7, 11) is 0. The molecule has 3 heterocycles. The molecule has 0 unspecified atom stereocenters. The molecule has 7 nitrogen and oxygen atoms in total. The summed E-state index contributed by atoms with van der Waals surface area (Å²) in [6, 6.07) is 5.87. The summed E-state index contributed by atoms with van der Waals surface area (Å²) in [6.07, 6.45) is 5.29. The van der Waals surface area contributed by atoms with Gasteiger partial charge in [0.15, 0.2) is 0 Å². The van der Waals surface area contributed by atoms with Crippen LogP contribution in [0.5, 0.6) is 0 Å². The summed E-state index contributed by atoms with van der Waals surface area (Å²) in [4.78, 5) is 32.9. The van der Waals surface area contributed by atoms with Crippen LogP contribution in [0.15, 0.2) is 24.4 Å². The Balaban J connectivity index is 1.58. The summed E-state index contributed by atoms with van der Waals surface area (Å²) in [6.45, 7) is 4.34. The van der Waals surface area contributed by atoms with E-state index in [1.807, 2.05) is 18.2 Å². The molecule has 3 rings (SSSR count). The van der Waals surface area contributed by atoms with E-state index < -0.39 is 0 Å². The zero-order valence-corrected chi connectivity index (χ0v) is 15.2. The van der Waals surface area contributed by atoms with E-state index >= 15 is 0 Å². The third-order valence-corrected chi connectivity index (χ3v) is 5.01. The highest BCUT2D eigenvalue weighted by Gasteiger charge is 2.25. The molecule has 0 aromatic carbocycles. The number of hydrogen-bond acceptors (Lipinski definition) is 5. The molecule has 142 valence electrons. The van der Waals surface area contributed by atoms with Crippen LogP contribution < -0.4 is 5.32 Å². The number of nitrogens with zero attached hydrogens (tertiary/aromatic N) is 3. The van der Waals surface area contributed by atoms with Crippen LogP contribution in [0.3, 0.4) is 0 Å². The van der Waals surface area contributed by atoms with E-state index in [0.717, 1.165) is 38.0 Å². The van der Waals surface area contributed by atoms with Crippen LogP contribution >= 0.6 is 0 Å². The van der Waals surface area contributed by atoms with Gasteiger partial charge in [-0.1, -0.05) is 12.5 Å². The van der Waals surface area contributed by atoms with Crippen LogP contribution in [0.25, 0.3) is 0 Å². The highest BCUT2D eigenvalue weighted by atomic mass is 16.5. The van der Waals surface area contributed by atoms with E-state index in [1.54, 1.807) is 11.1 Å². The fourth-order valence-corrected chi connectivity index (χ4v) is 3.53. The molecule has 1 atom stereocenters. The molecule has 2 aliphatic rings. The van der Waals surface area contributed by atoms with Gasteiger partial charge in [0.25, 0.3) is 0 Å². The Hall–Kier alpha value is -1.99. The van der Waals surface area contributed by atoms with Crippen molar-refractivity contribution in [2.24, 2.45) is 0 Å². The maximum atomic E-state index is 12.4. The average molecular weight is 360 g/mol.